The summed E-state index contributed by atoms with van der Waals surface area (Å²) in [5.41, 5.74) is 3.53. The number of fused-ring (bicyclic) bond motifs is 6. The molecule has 3 fully saturated rings. The van der Waals surface area contributed by atoms with Crippen LogP contribution in [0.3, 0.4) is 0 Å². The molecular formula is C42H50N4. The first-order valence-electron chi connectivity index (χ1n) is 18.7. The summed E-state index contributed by atoms with van der Waals surface area (Å²) in [7, 11) is 0. The van der Waals surface area contributed by atoms with Gasteiger partial charge in [-0.15, -0.1) is 0 Å². The molecule has 11 atom stereocenters. The molecule has 46 heavy (non-hydrogen) atoms. The van der Waals surface area contributed by atoms with Crippen molar-refractivity contribution < 1.29 is 0 Å². The highest BCUT2D eigenvalue weighted by Gasteiger charge is 2.53. The van der Waals surface area contributed by atoms with Crippen LogP contribution in [0.25, 0.3) is 5.57 Å². The lowest BCUT2D eigenvalue weighted by atomic mass is 9.75. The Morgan fingerprint density at radius 3 is 2.43 bits per heavy atom. The Hall–Kier alpha value is -3.29. The molecule has 0 aromatic heterocycles. The molecule has 0 radical (unpaired) electrons. The standard InChI is InChI=1S/C42H50N4/c43-27-28-20-22-29(23-21-28)30-10-9-11-31(24-30)32-25-41(45-37-16-5-1-12-33(37)34-13-2-6-17-38(34)45)44-42(26-32)46-39-18-7-3-14-35(39)36-15-4-8-19-40(36)46/h1,5-7,10,12,16-18,20-23,26,31-41,44H,2-4,8-9,11,13-15,19,24-25H2. The topological polar surface area (TPSA) is 42.3 Å². The van der Waals surface area contributed by atoms with Crippen LogP contribution in [0.5, 0.6) is 0 Å². The van der Waals surface area contributed by atoms with E-state index in [4.69, 9.17) is 0 Å². The second-order valence-corrected chi connectivity index (χ2v) is 15.6. The molecular weight excluding hydrogens is 560 g/mol. The number of nitriles is 1. The van der Waals surface area contributed by atoms with Crippen molar-refractivity contribution in [3.63, 3.8) is 0 Å². The number of allylic oxidation sites excluding steroid dienone is 7. The van der Waals surface area contributed by atoms with Gasteiger partial charge in [-0.25, -0.2) is 0 Å². The Labute approximate surface area is 276 Å². The summed E-state index contributed by atoms with van der Waals surface area (Å²) in [6, 6.07) is 12.8. The van der Waals surface area contributed by atoms with Crippen molar-refractivity contribution in [2.75, 3.05) is 0 Å². The van der Waals surface area contributed by atoms with Crippen LogP contribution in [-0.2, 0) is 0 Å². The summed E-state index contributed by atoms with van der Waals surface area (Å²) in [6.07, 6.45) is 40.8. The van der Waals surface area contributed by atoms with Gasteiger partial charge in [-0.3, -0.25) is 4.90 Å². The molecule has 0 amide bonds. The number of likely N-dealkylation sites (tertiary alicyclic amines) is 2. The maximum absolute atomic E-state index is 9.37. The van der Waals surface area contributed by atoms with E-state index in [1.807, 2.05) is 12.1 Å². The normalized spacial score (nSPS) is 41.0. The summed E-state index contributed by atoms with van der Waals surface area (Å²) in [5.74, 6) is 5.63. The van der Waals surface area contributed by atoms with Crippen LogP contribution < -0.4 is 5.32 Å². The van der Waals surface area contributed by atoms with Crippen molar-refractivity contribution in [3.8, 4) is 6.07 Å². The van der Waals surface area contributed by atoms with Gasteiger partial charge in [-0.1, -0.05) is 79.7 Å². The lowest BCUT2D eigenvalue weighted by Gasteiger charge is -2.47. The van der Waals surface area contributed by atoms with Gasteiger partial charge in [0.1, 0.15) is 0 Å². The molecule has 0 spiro atoms. The van der Waals surface area contributed by atoms with E-state index < -0.39 is 0 Å². The first-order valence-corrected chi connectivity index (χ1v) is 18.7. The Morgan fingerprint density at radius 1 is 0.761 bits per heavy atom. The predicted molar refractivity (Wildman–Crippen MR) is 186 cm³/mol. The van der Waals surface area contributed by atoms with Crippen LogP contribution in [0.2, 0.25) is 0 Å². The number of hydrogen-bond donors (Lipinski definition) is 1. The average molecular weight is 611 g/mol. The summed E-state index contributed by atoms with van der Waals surface area (Å²) in [5, 5.41) is 13.7. The van der Waals surface area contributed by atoms with Crippen molar-refractivity contribution in [3.05, 3.63) is 102 Å². The molecule has 4 heteroatoms. The van der Waals surface area contributed by atoms with Gasteiger partial charge in [0.05, 0.1) is 29.7 Å². The van der Waals surface area contributed by atoms with Crippen LogP contribution >= 0.6 is 0 Å². The third-order valence-corrected chi connectivity index (χ3v) is 13.4. The monoisotopic (exact) mass is 610 g/mol. The van der Waals surface area contributed by atoms with E-state index in [1.54, 1.807) is 0 Å². The zero-order chi connectivity index (χ0) is 30.6. The van der Waals surface area contributed by atoms with E-state index in [2.05, 4.69) is 94.1 Å². The van der Waals surface area contributed by atoms with Gasteiger partial charge < -0.3 is 10.2 Å². The largest absolute Gasteiger partial charge is 0.356 e. The Bertz CT molecular complexity index is 1540. The van der Waals surface area contributed by atoms with Crippen molar-refractivity contribution in [1.29, 1.82) is 5.26 Å². The summed E-state index contributed by atoms with van der Waals surface area (Å²) >= 11 is 0. The van der Waals surface area contributed by atoms with Gasteiger partial charge in [-0.05, 0) is 123 Å². The maximum Gasteiger partial charge on any atom is 0.0994 e. The quantitative estimate of drug-likeness (QED) is 0.347. The second kappa shape index (κ2) is 12.1. The fourth-order valence-corrected chi connectivity index (χ4v) is 11.4. The zero-order valence-corrected chi connectivity index (χ0v) is 27.3. The van der Waals surface area contributed by atoms with Crippen molar-refractivity contribution in [1.82, 2.24) is 15.1 Å². The lowest BCUT2D eigenvalue weighted by Crippen LogP contribution is -2.57. The molecule has 4 nitrogen and oxygen atoms in total. The minimum absolute atomic E-state index is 0.337. The smallest absolute Gasteiger partial charge is 0.0994 e. The molecule has 3 aliphatic heterocycles. The SMILES string of the molecule is N#Cc1ccc(C2=CCCC(C3C=C(N4C5C=CCCC5C5CCCCC54)NC(N4C5C=CC=CC5C5CCC=CC54)C3)C2)cc1. The van der Waals surface area contributed by atoms with E-state index in [-0.39, 0.29) is 0 Å². The second-order valence-electron chi connectivity index (χ2n) is 15.6. The molecule has 1 aromatic carbocycles. The van der Waals surface area contributed by atoms with Crippen LogP contribution in [0.1, 0.15) is 88.2 Å². The molecule has 5 aliphatic carbocycles. The van der Waals surface area contributed by atoms with Crippen LogP contribution in [-0.4, -0.2) is 40.1 Å². The zero-order valence-electron chi connectivity index (χ0n) is 27.3. The molecule has 0 bridgehead atoms. The number of hydrogen-bond acceptors (Lipinski definition) is 4. The molecule has 8 aliphatic rings. The molecule has 3 heterocycles. The highest BCUT2D eigenvalue weighted by atomic mass is 15.4. The number of nitrogens with zero attached hydrogens (tertiary/aromatic N) is 3. The summed E-state index contributed by atoms with van der Waals surface area (Å²) < 4.78 is 0. The fraction of sp³-hybridized carbons (Fsp3) is 0.548. The van der Waals surface area contributed by atoms with Gasteiger partial charge in [0.25, 0.3) is 0 Å². The highest BCUT2D eigenvalue weighted by Crippen LogP contribution is 2.51. The molecule has 11 unspecified atom stereocenters. The predicted octanol–water partition coefficient (Wildman–Crippen LogP) is 8.49. The molecule has 1 N–H and O–H groups in total. The summed E-state index contributed by atoms with van der Waals surface area (Å²) in [6.45, 7) is 0. The van der Waals surface area contributed by atoms with Gasteiger partial charge in [0, 0.05) is 24.0 Å². The molecule has 1 saturated carbocycles. The van der Waals surface area contributed by atoms with E-state index in [9.17, 15) is 5.26 Å². The van der Waals surface area contributed by atoms with Crippen molar-refractivity contribution in [2.24, 2.45) is 35.5 Å². The van der Waals surface area contributed by atoms with Gasteiger partial charge in [0.2, 0.25) is 0 Å². The van der Waals surface area contributed by atoms with Crippen LogP contribution in [0.4, 0.5) is 0 Å². The lowest BCUT2D eigenvalue weighted by molar-refractivity contribution is 0.0807. The van der Waals surface area contributed by atoms with Gasteiger partial charge in [-0.2, -0.15) is 5.26 Å². The van der Waals surface area contributed by atoms with E-state index in [1.165, 1.54) is 81.2 Å². The first kappa shape index (κ1) is 28.9. The van der Waals surface area contributed by atoms with E-state index in [0.717, 1.165) is 30.2 Å². The van der Waals surface area contributed by atoms with Gasteiger partial charge in [0.15, 0.2) is 0 Å². The molecule has 2 saturated heterocycles. The maximum atomic E-state index is 9.37. The third kappa shape index (κ3) is 4.88. The number of benzene rings is 1. The van der Waals surface area contributed by atoms with Crippen molar-refractivity contribution in [2.45, 2.75) is 107 Å². The molecule has 9 rings (SSSR count). The third-order valence-electron chi connectivity index (χ3n) is 13.4. The van der Waals surface area contributed by atoms with E-state index >= 15 is 0 Å². The summed E-state index contributed by atoms with van der Waals surface area (Å²) in [4.78, 5) is 5.86. The Kier molecular flexibility index (Phi) is 7.58. The van der Waals surface area contributed by atoms with Crippen molar-refractivity contribution >= 4 is 5.57 Å². The minimum Gasteiger partial charge on any atom is -0.356 e. The number of rotatable bonds is 4. The van der Waals surface area contributed by atoms with Gasteiger partial charge >= 0.3 is 0 Å². The first-order chi connectivity index (χ1) is 22.8. The molecule has 238 valence electrons. The fourth-order valence-electron chi connectivity index (χ4n) is 11.4. The average Bonchev–Trinajstić information content (AvgIpc) is 3.65. The number of nitrogens with one attached hydrogen (secondary N) is 1. The van der Waals surface area contributed by atoms with Crippen LogP contribution in [0, 0.1) is 46.8 Å². The van der Waals surface area contributed by atoms with E-state index in [0.29, 0.717) is 54.0 Å². The molecule has 1 aromatic rings. The Morgan fingerprint density at radius 2 is 1.57 bits per heavy atom. The Balaban J connectivity index is 1.08. The minimum atomic E-state index is 0.337. The highest BCUT2D eigenvalue weighted by molar-refractivity contribution is 5.67. The van der Waals surface area contributed by atoms with Crippen LogP contribution in [0.15, 0.2) is 90.8 Å².